The van der Waals surface area contributed by atoms with Crippen molar-refractivity contribution in [1.82, 2.24) is 0 Å². The predicted octanol–water partition coefficient (Wildman–Crippen LogP) is 22.8. The number of carbonyl (C=O) groups excluding carboxylic acids is 3. The topological polar surface area (TPSA) is 78.9 Å². The van der Waals surface area contributed by atoms with Gasteiger partial charge in [-0.3, -0.25) is 14.4 Å². The first-order valence-corrected chi connectivity index (χ1v) is 33.0. The quantitative estimate of drug-likeness (QED) is 0.0261. The second kappa shape index (κ2) is 66.3. The molecule has 0 aliphatic rings. The van der Waals surface area contributed by atoms with Crippen molar-refractivity contribution < 1.29 is 28.6 Å². The van der Waals surface area contributed by atoms with Crippen LogP contribution in [0.3, 0.4) is 0 Å². The van der Waals surface area contributed by atoms with E-state index < -0.39 is 6.10 Å². The molecule has 6 nitrogen and oxygen atoms in total. The summed E-state index contributed by atoms with van der Waals surface area (Å²) in [6, 6.07) is 0. The van der Waals surface area contributed by atoms with Gasteiger partial charge in [0.1, 0.15) is 13.2 Å². The molecule has 1 atom stereocenters. The summed E-state index contributed by atoms with van der Waals surface area (Å²) in [4.78, 5) is 38.3. The van der Waals surface area contributed by atoms with Crippen molar-refractivity contribution in [2.45, 2.75) is 309 Å². The highest BCUT2D eigenvalue weighted by Crippen LogP contribution is 2.15. The van der Waals surface area contributed by atoms with Gasteiger partial charge in [-0.15, -0.1) is 0 Å². The molecule has 0 radical (unpaired) electrons. The zero-order valence-electron chi connectivity index (χ0n) is 51.6. The molecule has 0 N–H and O–H groups in total. The Kier molecular flexibility index (Phi) is 62.8. The molecule has 0 aliphatic heterocycles. The molecule has 1 unspecified atom stereocenters. The lowest BCUT2D eigenvalue weighted by molar-refractivity contribution is -0.167. The third-order valence-corrected chi connectivity index (χ3v) is 13.9. The molecule has 0 saturated heterocycles. The number of hydrogen-bond acceptors (Lipinski definition) is 6. The van der Waals surface area contributed by atoms with Crippen LogP contribution in [0.4, 0.5) is 0 Å². The molecule has 0 amide bonds. The fraction of sp³-hybridized carbons (Fsp3) is 0.685. The van der Waals surface area contributed by atoms with E-state index in [1.807, 2.05) is 0 Å². The van der Waals surface area contributed by atoms with Gasteiger partial charge in [-0.05, 0) is 128 Å². The van der Waals surface area contributed by atoms with Crippen LogP contribution in [0.5, 0.6) is 0 Å². The molecular formula is C73H122O6. The highest BCUT2D eigenvalue weighted by molar-refractivity contribution is 5.71. The van der Waals surface area contributed by atoms with Gasteiger partial charge in [-0.1, -0.05) is 277 Å². The van der Waals surface area contributed by atoms with E-state index in [1.165, 1.54) is 122 Å². The van der Waals surface area contributed by atoms with Gasteiger partial charge in [-0.2, -0.15) is 0 Å². The summed E-state index contributed by atoms with van der Waals surface area (Å²) in [7, 11) is 0. The molecule has 0 saturated carbocycles. The van der Waals surface area contributed by atoms with Crippen molar-refractivity contribution in [1.29, 1.82) is 0 Å². The number of unbranched alkanes of at least 4 members (excludes halogenated alkanes) is 28. The lowest BCUT2D eigenvalue weighted by Crippen LogP contribution is -2.30. The highest BCUT2D eigenvalue weighted by atomic mass is 16.6. The fourth-order valence-corrected chi connectivity index (χ4v) is 8.99. The molecule has 0 heterocycles. The van der Waals surface area contributed by atoms with Crippen molar-refractivity contribution in [2.24, 2.45) is 0 Å². The second-order valence-corrected chi connectivity index (χ2v) is 21.6. The molecule has 0 aromatic rings. The summed E-state index contributed by atoms with van der Waals surface area (Å²) in [5.41, 5.74) is 0. The van der Waals surface area contributed by atoms with Crippen molar-refractivity contribution in [3.05, 3.63) is 122 Å². The van der Waals surface area contributed by atoms with Crippen molar-refractivity contribution in [3.8, 4) is 0 Å². The first-order chi connectivity index (χ1) is 39.0. The summed E-state index contributed by atoms with van der Waals surface area (Å²) in [5, 5.41) is 0. The Labute approximate surface area is 488 Å². The van der Waals surface area contributed by atoms with Crippen LogP contribution in [0.25, 0.3) is 0 Å². The Bertz CT molecular complexity index is 1640. The first-order valence-electron chi connectivity index (χ1n) is 33.0. The largest absolute Gasteiger partial charge is 0.462 e. The van der Waals surface area contributed by atoms with Gasteiger partial charge >= 0.3 is 17.9 Å². The van der Waals surface area contributed by atoms with E-state index >= 15 is 0 Å². The summed E-state index contributed by atoms with van der Waals surface area (Å²) in [5.74, 6) is -0.907. The van der Waals surface area contributed by atoms with Crippen LogP contribution in [0.2, 0.25) is 0 Å². The zero-order chi connectivity index (χ0) is 57.1. The van der Waals surface area contributed by atoms with Gasteiger partial charge in [0.25, 0.3) is 0 Å². The Balaban J connectivity index is 4.30. The molecule has 0 bridgehead atoms. The van der Waals surface area contributed by atoms with Crippen LogP contribution >= 0.6 is 0 Å². The molecule has 0 fully saturated rings. The van der Waals surface area contributed by atoms with Crippen molar-refractivity contribution in [3.63, 3.8) is 0 Å². The average Bonchev–Trinajstić information content (AvgIpc) is 3.45. The minimum absolute atomic E-state index is 0.0885. The van der Waals surface area contributed by atoms with Crippen LogP contribution in [0.15, 0.2) is 122 Å². The van der Waals surface area contributed by atoms with Crippen molar-refractivity contribution >= 4 is 17.9 Å². The average molecular weight is 1100 g/mol. The number of carbonyl (C=O) groups is 3. The van der Waals surface area contributed by atoms with Gasteiger partial charge in [-0.25, -0.2) is 0 Å². The third kappa shape index (κ3) is 64.5. The molecular weight excluding hydrogens is 973 g/mol. The van der Waals surface area contributed by atoms with E-state index in [-0.39, 0.29) is 31.1 Å². The molecule has 0 rings (SSSR count). The number of esters is 3. The SMILES string of the molecule is CC/C=C\C/C=C\C/C=C\C/C=C\C/C=C\C/C=C\C/C=C\CCCCCCCCCCCC(=O)OCC(COC(=O)CCCCCCC/C=C\C/C=C\CCC)OC(=O)CCCCCCCCC/C=C\CCCCCCCC. The third-order valence-electron chi connectivity index (χ3n) is 13.9. The highest BCUT2D eigenvalue weighted by Gasteiger charge is 2.19. The summed E-state index contributed by atoms with van der Waals surface area (Å²) < 4.78 is 16.9. The Morgan fingerprint density at radius 2 is 0.519 bits per heavy atom. The van der Waals surface area contributed by atoms with E-state index in [0.717, 1.165) is 141 Å². The smallest absolute Gasteiger partial charge is 0.306 e. The molecule has 79 heavy (non-hydrogen) atoms. The van der Waals surface area contributed by atoms with Gasteiger partial charge in [0.2, 0.25) is 0 Å². The molecule has 0 aromatic carbocycles. The Morgan fingerprint density at radius 1 is 0.266 bits per heavy atom. The molecule has 0 spiro atoms. The standard InChI is InChI=1S/C73H122O6/c1-4-7-10-13-16-19-22-25-27-29-30-31-32-33-34-35-36-37-38-39-40-41-42-44-45-48-51-54-57-60-63-66-72(75)78-69-70(68-77-71(74)65-62-59-56-53-50-47-24-21-18-15-12-9-6-3)79-73(76)67-64-61-58-55-52-49-46-43-28-26-23-20-17-14-11-8-5-2/h7,10,12,15-16,19,21,24-28,30-31,33-34,36-37,39-40,70H,4-6,8-9,11,13-14,17-18,20,22-23,29,32,35,38,41-69H2,1-3H3/b10-7-,15-12-,19-16-,24-21-,27-25-,28-26-,31-30-,34-33-,37-36-,40-39-. The maximum Gasteiger partial charge on any atom is 0.306 e. The fourth-order valence-electron chi connectivity index (χ4n) is 8.99. The minimum Gasteiger partial charge on any atom is -0.462 e. The van der Waals surface area contributed by atoms with Gasteiger partial charge in [0.05, 0.1) is 0 Å². The predicted molar refractivity (Wildman–Crippen MR) is 343 cm³/mol. The number of rotatable bonds is 59. The van der Waals surface area contributed by atoms with E-state index in [1.54, 1.807) is 0 Å². The monoisotopic (exact) mass is 1090 g/mol. The lowest BCUT2D eigenvalue weighted by atomic mass is 10.1. The van der Waals surface area contributed by atoms with Crippen molar-refractivity contribution in [2.75, 3.05) is 13.2 Å². The summed E-state index contributed by atoms with van der Waals surface area (Å²) >= 11 is 0. The maximum absolute atomic E-state index is 12.9. The molecule has 0 aliphatic carbocycles. The molecule has 450 valence electrons. The summed E-state index contributed by atoms with van der Waals surface area (Å²) in [6.45, 7) is 6.45. The van der Waals surface area contributed by atoms with E-state index in [0.29, 0.717) is 19.3 Å². The summed E-state index contributed by atoms with van der Waals surface area (Å²) in [6.07, 6.45) is 92.1. The van der Waals surface area contributed by atoms with E-state index in [9.17, 15) is 14.4 Å². The normalized spacial score (nSPS) is 12.9. The molecule has 6 heteroatoms. The Hall–Kier alpha value is -4.19. The second-order valence-electron chi connectivity index (χ2n) is 21.6. The van der Waals surface area contributed by atoms with Crippen LogP contribution in [-0.4, -0.2) is 37.2 Å². The minimum atomic E-state index is -0.792. The van der Waals surface area contributed by atoms with Gasteiger partial charge in [0.15, 0.2) is 6.10 Å². The van der Waals surface area contributed by atoms with Gasteiger partial charge < -0.3 is 14.2 Å². The van der Waals surface area contributed by atoms with Gasteiger partial charge in [0, 0.05) is 19.3 Å². The number of hydrogen-bond donors (Lipinski definition) is 0. The van der Waals surface area contributed by atoms with E-state index in [4.69, 9.17) is 14.2 Å². The van der Waals surface area contributed by atoms with Crippen LogP contribution in [-0.2, 0) is 28.6 Å². The molecule has 0 aromatic heterocycles. The first kappa shape index (κ1) is 74.8. The maximum atomic E-state index is 12.9. The number of ether oxygens (including phenoxy) is 3. The zero-order valence-corrected chi connectivity index (χ0v) is 51.6. The Morgan fingerprint density at radius 3 is 0.835 bits per heavy atom. The van der Waals surface area contributed by atoms with Crippen LogP contribution in [0.1, 0.15) is 303 Å². The van der Waals surface area contributed by atoms with E-state index in [2.05, 4.69) is 142 Å². The van der Waals surface area contributed by atoms with Crippen LogP contribution in [0, 0.1) is 0 Å². The van der Waals surface area contributed by atoms with Crippen LogP contribution < -0.4 is 0 Å². The lowest BCUT2D eigenvalue weighted by Gasteiger charge is -2.18. The number of allylic oxidation sites excluding steroid dienone is 20.